The van der Waals surface area contributed by atoms with Gasteiger partial charge < -0.3 is 0 Å². The number of benzene rings is 2. The summed E-state index contributed by atoms with van der Waals surface area (Å²) in [5.74, 6) is -0.298. The standard InChI is InChI=1S/C15H11ClFIO/c1-9-6-12(17)4-2-10(9)7-15(19)13-8-11(16)3-5-14(13)18/h2-6,8H,7H2,1H3. The normalized spacial score (nSPS) is 10.5. The Kier molecular flexibility index (Phi) is 4.58. The van der Waals surface area contributed by atoms with E-state index < -0.39 is 0 Å². The van der Waals surface area contributed by atoms with E-state index in [0.29, 0.717) is 10.6 Å². The van der Waals surface area contributed by atoms with E-state index in [1.807, 2.05) is 6.07 Å². The van der Waals surface area contributed by atoms with E-state index in [1.54, 1.807) is 25.1 Å². The number of Topliss-reactive ketones (excluding diaryl/α,β-unsaturated/α-hetero) is 1. The molecule has 0 aliphatic carbocycles. The van der Waals surface area contributed by atoms with Crippen LogP contribution in [0.15, 0.2) is 36.4 Å². The van der Waals surface area contributed by atoms with Crippen molar-refractivity contribution in [1.29, 1.82) is 0 Å². The number of rotatable bonds is 3. The van der Waals surface area contributed by atoms with E-state index in [1.165, 1.54) is 12.1 Å². The van der Waals surface area contributed by atoms with E-state index >= 15 is 0 Å². The van der Waals surface area contributed by atoms with Crippen molar-refractivity contribution in [3.05, 3.63) is 67.5 Å². The smallest absolute Gasteiger partial charge is 0.168 e. The topological polar surface area (TPSA) is 17.1 Å². The number of aryl methyl sites for hydroxylation is 1. The predicted octanol–water partition coefficient (Wildman–Crippen LogP) is 4.82. The molecular weight excluding hydrogens is 378 g/mol. The van der Waals surface area contributed by atoms with Crippen molar-refractivity contribution in [2.24, 2.45) is 0 Å². The average molecular weight is 389 g/mol. The molecule has 0 amide bonds. The highest BCUT2D eigenvalue weighted by atomic mass is 127. The maximum Gasteiger partial charge on any atom is 0.168 e. The Balaban J connectivity index is 2.28. The lowest BCUT2D eigenvalue weighted by Gasteiger charge is -2.07. The van der Waals surface area contributed by atoms with Crippen LogP contribution >= 0.6 is 34.2 Å². The van der Waals surface area contributed by atoms with Gasteiger partial charge in [-0.3, -0.25) is 4.79 Å². The summed E-state index contributed by atoms with van der Waals surface area (Å²) >= 11 is 8.02. The van der Waals surface area contributed by atoms with E-state index in [-0.39, 0.29) is 18.0 Å². The number of hydrogen-bond acceptors (Lipinski definition) is 1. The maximum absolute atomic E-state index is 13.0. The molecule has 0 heterocycles. The van der Waals surface area contributed by atoms with Gasteiger partial charge in [-0.1, -0.05) is 17.7 Å². The minimum atomic E-state index is -0.286. The molecule has 0 saturated carbocycles. The molecule has 0 atom stereocenters. The van der Waals surface area contributed by atoms with Crippen molar-refractivity contribution >= 4 is 40.0 Å². The van der Waals surface area contributed by atoms with Crippen molar-refractivity contribution in [2.45, 2.75) is 13.3 Å². The first-order valence-electron chi connectivity index (χ1n) is 5.70. The van der Waals surface area contributed by atoms with Crippen molar-refractivity contribution < 1.29 is 9.18 Å². The van der Waals surface area contributed by atoms with Crippen molar-refractivity contribution in [3.63, 3.8) is 0 Å². The second-order valence-electron chi connectivity index (χ2n) is 4.29. The van der Waals surface area contributed by atoms with E-state index in [9.17, 15) is 9.18 Å². The van der Waals surface area contributed by atoms with Crippen LogP contribution in [0.5, 0.6) is 0 Å². The van der Waals surface area contributed by atoms with Gasteiger partial charge in [0.1, 0.15) is 5.82 Å². The number of carbonyl (C=O) groups excluding carboxylic acids is 1. The molecule has 2 aromatic carbocycles. The predicted molar refractivity (Wildman–Crippen MR) is 83.3 cm³/mol. The monoisotopic (exact) mass is 388 g/mol. The Hall–Kier alpha value is -0.940. The first-order chi connectivity index (χ1) is 8.97. The third kappa shape index (κ3) is 3.54. The highest BCUT2D eigenvalue weighted by Gasteiger charge is 2.13. The first-order valence-corrected chi connectivity index (χ1v) is 7.16. The molecule has 0 aliphatic rings. The molecule has 0 unspecified atom stereocenters. The summed E-state index contributed by atoms with van der Waals surface area (Å²) in [6.07, 6.45) is 0.252. The zero-order chi connectivity index (χ0) is 14.0. The summed E-state index contributed by atoms with van der Waals surface area (Å²) in [6, 6.07) is 9.70. The Morgan fingerprint density at radius 3 is 2.68 bits per heavy atom. The van der Waals surface area contributed by atoms with Gasteiger partial charge >= 0.3 is 0 Å². The molecule has 0 bridgehead atoms. The van der Waals surface area contributed by atoms with Gasteiger partial charge in [-0.2, -0.15) is 0 Å². The van der Waals surface area contributed by atoms with Crippen molar-refractivity contribution in [3.8, 4) is 0 Å². The van der Waals surface area contributed by atoms with Gasteiger partial charge in [0.25, 0.3) is 0 Å². The molecular formula is C15H11ClFIO. The fourth-order valence-corrected chi connectivity index (χ4v) is 2.65. The number of ketones is 1. The average Bonchev–Trinajstić information content (AvgIpc) is 2.35. The molecule has 0 N–H and O–H groups in total. The lowest BCUT2D eigenvalue weighted by atomic mass is 9.99. The first kappa shape index (κ1) is 14.5. The summed E-state index contributed by atoms with van der Waals surface area (Å²) in [6.45, 7) is 1.80. The SMILES string of the molecule is Cc1cc(F)ccc1CC(=O)c1cc(Cl)ccc1I. The molecule has 2 rings (SSSR count). The highest BCUT2D eigenvalue weighted by Crippen LogP contribution is 2.21. The summed E-state index contributed by atoms with van der Waals surface area (Å²) in [7, 11) is 0. The Bertz CT molecular complexity index is 640. The van der Waals surface area contributed by atoms with Gasteiger partial charge in [-0.05, 0) is 71.0 Å². The Labute approximate surface area is 129 Å². The van der Waals surface area contributed by atoms with Gasteiger partial charge in [-0.25, -0.2) is 4.39 Å². The van der Waals surface area contributed by atoms with Crippen LogP contribution in [0.2, 0.25) is 5.02 Å². The molecule has 0 fully saturated rings. The maximum atomic E-state index is 13.0. The fourth-order valence-electron chi connectivity index (χ4n) is 1.84. The molecule has 0 aliphatic heterocycles. The van der Waals surface area contributed by atoms with Crippen LogP contribution in [0.4, 0.5) is 4.39 Å². The highest BCUT2D eigenvalue weighted by molar-refractivity contribution is 14.1. The molecule has 19 heavy (non-hydrogen) atoms. The molecule has 2 aromatic rings. The van der Waals surface area contributed by atoms with Gasteiger partial charge in [-0.15, -0.1) is 0 Å². The number of hydrogen-bond donors (Lipinski definition) is 0. The van der Waals surface area contributed by atoms with Crippen LogP contribution in [0, 0.1) is 16.3 Å². The summed E-state index contributed by atoms with van der Waals surface area (Å²) in [5, 5.41) is 0.541. The van der Waals surface area contributed by atoms with Crippen LogP contribution in [0.25, 0.3) is 0 Å². The van der Waals surface area contributed by atoms with Crippen LogP contribution in [-0.4, -0.2) is 5.78 Å². The fraction of sp³-hybridized carbons (Fsp3) is 0.133. The van der Waals surface area contributed by atoms with Gasteiger partial charge in [0.15, 0.2) is 5.78 Å². The lowest BCUT2D eigenvalue weighted by molar-refractivity contribution is 0.0992. The molecule has 1 nitrogen and oxygen atoms in total. The van der Waals surface area contributed by atoms with Crippen molar-refractivity contribution in [1.82, 2.24) is 0 Å². The lowest BCUT2D eigenvalue weighted by Crippen LogP contribution is -2.07. The minimum Gasteiger partial charge on any atom is -0.294 e. The molecule has 0 aromatic heterocycles. The Morgan fingerprint density at radius 1 is 1.26 bits per heavy atom. The van der Waals surface area contributed by atoms with Crippen LogP contribution < -0.4 is 0 Å². The quantitative estimate of drug-likeness (QED) is 0.544. The van der Waals surface area contributed by atoms with Crippen LogP contribution in [0.1, 0.15) is 21.5 Å². The zero-order valence-corrected chi connectivity index (χ0v) is 13.1. The minimum absolute atomic E-state index is 0.0124. The summed E-state index contributed by atoms with van der Waals surface area (Å²) in [4.78, 5) is 12.3. The van der Waals surface area contributed by atoms with Gasteiger partial charge in [0.05, 0.1) is 0 Å². The van der Waals surface area contributed by atoms with E-state index in [2.05, 4.69) is 22.6 Å². The largest absolute Gasteiger partial charge is 0.294 e. The molecule has 0 spiro atoms. The third-order valence-corrected chi connectivity index (χ3v) is 4.06. The summed E-state index contributed by atoms with van der Waals surface area (Å²) < 4.78 is 13.9. The number of carbonyl (C=O) groups is 1. The summed E-state index contributed by atoms with van der Waals surface area (Å²) in [5.41, 5.74) is 2.23. The second kappa shape index (κ2) is 6.01. The molecule has 0 radical (unpaired) electrons. The van der Waals surface area contributed by atoms with E-state index in [0.717, 1.165) is 14.7 Å². The van der Waals surface area contributed by atoms with Gasteiger partial charge in [0.2, 0.25) is 0 Å². The number of halogens is 3. The third-order valence-electron chi connectivity index (χ3n) is 2.88. The second-order valence-corrected chi connectivity index (χ2v) is 5.89. The van der Waals surface area contributed by atoms with Crippen LogP contribution in [0.3, 0.4) is 0 Å². The van der Waals surface area contributed by atoms with E-state index in [4.69, 9.17) is 11.6 Å². The van der Waals surface area contributed by atoms with Crippen LogP contribution in [-0.2, 0) is 6.42 Å². The van der Waals surface area contributed by atoms with Gasteiger partial charge in [0, 0.05) is 20.6 Å². The zero-order valence-electron chi connectivity index (χ0n) is 10.2. The van der Waals surface area contributed by atoms with Crippen molar-refractivity contribution in [2.75, 3.05) is 0 Å². The Morgan fingerprint density at radius 2 is 2.00 bits per heavy atom. The molecule has 4 heteroatoms. The molecule has 98 valence electrons. The molecule has 0 saturated heterocycles.